The Kier molecular flexibility index (Phi) is 8.42. The van der Waals surface area contributed by atoms with Gasteiger partial charge in [-0.3, -0.25) is 5.43 Å². The third kappa shape index (κ3) is 6.45. The van der Waals surface area contributed by atoms with E-state index in [1.165, 1.54) is 25.7 Å². The van der Waals surface area contributed by atoms with Crippen LogP contribution in [0.2, 0.25) is 0 Å². The van der Waals surface area contributed by atoms with Gasteiger partial charge in [-0.05, 0) is 68.0 Å². The molecule has 200 valence electrons. The van der Waals surface area contributed by atoms with Crippen LogP contribution in [-0.4, -0.2) is 62.7 Å². The van der Waals surface area contributed by atoms with E-state index in [4.69, 9.17) is 24.2 Å². The number of hydrogen-bond donors (Lipinski definition) is 1. The molecule has 0 unspecified atom stereocenters. The molecule has 2 aliphatic rings. The number of ether oxygens (including phenoxy) is 3. The fraction of sp³-hybridized carbons (Fsp3) is 0.414. The second-order valence-corrected chi connectivity index (χ2v) is 9.54. The maximum Gasteiger partial charge on any atom is 0.229 e. The van der Waals surface area contributed by atoms with Gasteiger partial charge in [-0.2, -0.15) is 15.1 Å². The van der Waals surface area contributed by atoms with Gasteiger partial charge in [0, 0.05) is 32.2 Å². The maximum atomic E-state index is 5.91. The van der Waals surface area contributed by atoms with E-state index in [1.807, 2.05) is 55.5 Å². The van der Waals surface area contributed by atoms with Crippen molar-refractivity contribution in [2.45, 2.75) is 32.6 Å². The summed E-state index contributed by atoms with van der Waals surface area (Å²) in [6.07, 6.45) is 6.51. The van der Waals surface area contributed by atoms with Crippen molar-refractivity contribution in [1.29, 1.82) is 0 Å². The Morgan fingerprint density at radius 2 is 1.55 bits per heavy atom. The zero-order valence-electron chi connectivity index (χ0n) is 22.2. The zero-order valence-corrected chi connectivity index (χ0v) is 22.2. The van der Waals surface area contributed by atoms with Gasteiger partial charge in [-0.1, -0.05) is 18.2 Å². The summed E-state index contributed by atoms with van der Waals surface area (Å²) in [5.74, 6) is 4.60. The van der Waals surface area contributed by atoms with E-state index in [-0.39, 0.29) is 0 Å². The second-order valence-electron chi connectivity index (χ2n) is 9.54. The first-order valence-electron chi connectivity index (χ1n) is 13.4. The zero-order chi connectivity index (χ0) is 26.2. The first kappa shape index (κ1) is 25.6. The molecular formula is C29H36N6O3. The number of para-hydroxylation sites is 1. The van der Waals surface area contributed by atoms with Crippen LogP contribution in [-0.2, 0) is 0 Å². The average Bonchev–Trinajstić information content (AvgIpc) is 3.68. The summed E-state index contributed by atoms with van der Waals surface area (Å²) in [7, 11) is 1.63. The summed E-state index contributed by atoms with van der Waals surface area (Å²) in [5, 5.41) is 4.45. The van der Waals surface area contributed by atoms with E-state index >= 15 is 0 Å². The molecule has 3 aromatic rings. The normalized spacial score (nSPS) is 15.3. The van der Waals surface area contributed by atoms with Crippen molar-refractivity contribution in [1.82, 2.24) is 9.97 Å². The van der Waals surface area contributed by atoms with Crippen molar-refractivity contribution < 1.29 is 14.2 Å². The molecule has 2 saturated heterocycles. The predicted molar refractivity (Wildman–Crippen MR) is 151 cm³/mol. The standard InChI is InChI=1S/C29H36N6O3/c1-22-9-3-4-10-24(22)37-17-18-38-25-12-11-23(19-26(25)36-2)21-30-33-27-20-28(34-13-5-6-14-34)32-29(31-27)35-15-7-8-16-35/h3-4,9-12,19-21H,5-8,13-18H2,1-2H3,(H,31,32,33)/b30-21-. The lowest BCUT2D eigenvalue weighted by molar-refractivity contribution is 0.210. The van der Waals surface area contributed by atoms with Crippen LogP contribution in [0, 0.1) is 6.92 Å². The molecule has 9 heteroatoms. The molecule has 0 amide bonds. The van der Waals surface area contributed by atoms with Gasteiger partial charge < -0.3 is 24.0 Å². The minimum Gasteiger partial charge on any atom is -0.493 e. The summed E-state index contributed by atoms with van der Waals surface area (Å²) in [6.45, 7) is 6.94. The number of nitrogens with one attached hydrogen (secondary N) is 1. The lowest BCUT2D eigenvalue weighted by Gasteiger charge is -2.21. The first-order chi connectivity index (χ1) is 18.7. The molecule has 2 aromatic carbocycles. The molecule has 5 rings (SSSR count). The van der Waals surface area contributed by atoms with E-state index in [0.717, 1.165) is 54.8 Å². The van der Waals surface area contributed by atoms with Gasteiger partial charge in [-0.25, -0.2) is 0 Å². The lowest BCUT2D eigenvalue weighted by atomic mass is 10.2. The van der Waals surface area contributed by atoms with Crippen molar-refractivity contribution in [2.75, 3.05) is 61.7 Å². The highest BCUT2D eigenvalue weighted by Gasteiger charge is 2.20. The van der Waals surface area contributed by atoms with Crippen LogP contribution in [0.4, 0.5) is 17.6 Å². The van der Waals surface area contributed by atoms with Crippen LogP contribution in [0.1, 0.15) is 36.8 Å². The molecule has 0 aliphatic carbocycles. The number of aryl methyl sites for hydroxylation is 1. The van der Waals surface area contributed by atoms with Gasteiger partial charge in [0.15, 0.2) is 17.3 Å². The number of rotatable bonds is 11. The third-order valence-electron chi connectivity index (χ3n) is 6.79. The van der Waals surface area contributed by atoms with Gasteiger partial charge in [0.2, 0.25) is 5.95 Å². The van der Waals surface area contributed by atoms with Gasteiger partial charge in [-0.15, -0.1) is 0 Å². The van der Waals surface area contributed by atoms with Crippen molar-refractivity contribution >= 4 is 23.8 Å². The number of hydrogen-bond acceptors (Lipinski definition) is 9. The minimum absolute atomic E-state index is 0.409. The SMILES string of the molecule is COc1cc(/C=N\Nc2cc(N3CCCC3)nc(N3CCCC3)n2)ccc1OCCOc1ccccc1C. The monoisotopic (exact) mass is 516 g/mol. The van der Waals surface area contributed by atoms with E-state index in [2.05, 4.69) is 20.3 Å². The Balaban J connectivity index is 1.21. The van der Waals surface area contributed by atoms with Crippen molar-refractivity contribution in [2.24, 2.45) is 5.10 Å². The van der Waals surface area contributed by atoms with Gasteiger partial charge in [0.25, 0.3) is 0 Å². The van der Waals surface area contributed by atoms with Crippen LogP contribution < -0.4 is 29.4 Å². The largest absolute Gasteiger partial charge is 0.493 e. The average molecular weight is 517 g/mol. The Hall–Kier alpha value is -4.01. The fourth-order valence-corrected chi connectivity index (χ4v) is 4.72. The van der Waals surface area contributed by atoms with E-state index < -0.39 is 0 Å². The molecule has 0 spiro atoms. The number of anilines is 3. The number of hydrazone groups is 1. The maximum absolute atomic E-state index is 5.91. The highest BCUT2D eigenvalue weighted by atomic mass is 16.5. The van der Waals surface area contributed by atoms with Crippen LogP contribution in [0.3, 0.4) is 0 Å². The molecule has 0 saturated carbocycles. The fourth-order valence-electron chi connectivity index (χ4n) is 4.72. The van der Waals surface area contributed by atoms with Gasteiger partial charge >= 0.3 is 0 Å². The van der Waals surface area contributed by atoms with Crippen LogP contribution in [0.15, 0.2) is 53.6 Å². The lowest BCUT2D eigenvalue weighted by Crippen LogP contribution is -2.24. The number of methoxy groups -OCH3 is 1. The number of benzene rings is 2. The van der Waals surface area contributed by atoms with Crippen molar-refractivity contribution in [3.05, 3.63) is 59.7 Å². The topological polar surface area (TPSA) is 84.3 Å². The molecule has 3 heterocycles. The quantitative estimate of drug-likeness (QED) is 0.219. The third-order valence-corrected chi connectivity index (χ3v) is 6.79. The Labute approximate surface area is 224 Å². The smallest absolute Gasteiger partial charge is 0.229 e. The first-order valence-corrected chi connectivity index (χ1v) is 13.4. The van der Waals surface area contributed by atoms with Crippen LogP contribution >= 0.6 is 0 Å². The van der Waals surface area contributed by atoms with Crippen LogP contribution in [0.25, 0.3) is 0 Å². The molecule has 2 aliphatic heterocycles. The Morgan fingerprint density at radius 1 is 0.842 bits per heavy atom. The molecule has 9 nitrogen and oxygen atoms in total. The molecule has 1 N–H and O–H groups in total. The Bertz CT molecular complexity index is 1200. The van der Waals surface area contributed by atoms with Gasteiger partial charge in [0.1, 0.15) is 24.8 Å². The highest BCUT2D eigenvalue weighted by molar-refractivity contribution is 5.81. The summed E-state index contributed by atoms with van der Waals surface area (Å²) in [5.41, 5.74) is 5.09. The van der Waals surface area contributed by atoms with E-state index in [1.54, 1.807) is 13.3 Å². The highest BCUT2D eigenvalue weighted by Crippen LogP contribution is 2.28. The molecule has 0 bridgehead atoms. The predicted octanol–water partition coefficient (Wildman–Crippen LogP) is 4.90. The summed E-state index contributed by atoms with van der Waals surface area (Å²) >= 11 is 0. The molecular weight excluding hydrogens is 480 g/mol. The Morgan fingerprint density at radius 3 is 2.29 bits per heavy atom. The molecule has 38 heavy (non-hydrogen) atoms. The summed E-state index contributed by atoms with van der Waals surface area (Å²) < 4.78 is 17.3. The van der Waals surface area contributed by atoms with Crippen molar-refractivity contribution in [3.63, 3.8) is 0 Å². The van der Waals surface area contributed by atoms with E-state index in [9.17, 15) is 0 Å². The summed E-state index contributed by atoms with van der Waals surface area (Å²) in [6, 6.07) is 15.6. The van der Waals surface area contributed by atoms with E-state index in [0.29, 0.717) is 30.5 Å². The molecule has 0 atom stereocenters. The van der Waals surface area contributed by atoms with Crippen LogP contribution in [0.5, 0.6) is 17.2 Å². The minimum atomic E-state index is 0.409. The number of nitrogens with zero attached hydrogens (tertiary/aromatic N) is 5. The molecule has 2 fully saturated rings. The van der Waals surface area contributed by atoms with Gasteiger partial charge in [0.05, 0.1) is 13.3 Å². The number of aromatic nitrogens is 2. The molecule has 1 aromatic heterocycles. The van der Waals surface area contributed by atoms with Crippen molar-refractivity contribution in [3.8, 4) is 17.2 Å². The second kappa shape index (κ2) is 12.5. The summed E-state index contributed by atoms with van der Waals surface area (Å²) in [4.78, 5) is 14.2. The molecule has 0 radical (unpaired) electrons.